The normalized spacial score (nSPS) is 14.4. The van der Waals surface area contributed by atoms with Crippen molar-refractivity contribution < 1.29 is 9.53 Å². The maximum Gasteiger partial charge on any atom is 0.246 e. The van der Waals surface area contributed by atoms with Crippen LogP contribution in [0.4, 0.5) is 5.69 Å². The van der Waals surface area contributed by atoms with Crippen LogP contribution in [-0.2, 0) is 16.1 Å². The van der Waals surface area contributed by atoms with Gasteiger partial charge in [0.15, 0.2) is 0 Å². The maximum atomic E-state index is 12.3. The number of amides is 1. The average molecular weight is 442 g/mol. The van der Waals surface area contributed by atoms with E-state index in [0.717, 1.165) is 38.0 Å². The van der Waals surface area contributed by atoms with Crippen LogP contribution in [0.3, 0.4) is 0 Å². The maximum absolute atomic E-state index is 12.3. The van der Waals surface area contributed by atoms with Crippen LogP contribution in [-0.4, -0.2) is 38.8 Å². The summed E-state index contributed by atoms with van der Waals surface area (Å²) in [4.78, 5) is 12.3. The van der Waals surface area contributed by atoms with Crippen LogP contribution in [0.25, 0.3) is 6.08 Å². The van der Waals surface area contributed by atoms with Gasteiger partial charge in [0, 0.05) is 25.4 Å². The van der Waals surface area contributed by atoms with Gasteiger partial charge in [0.2, 0.25) is 5.91 Å². The van der Waals surface area contributed by atoms with Crippen molar-refractivity contribution in [3.63, 3.8) is 0 Å². The van der Waals surface area contributed by atoms with Gasteiger partial charge >= 0.3 is 0 Å². The number of rotatable bonds is 14. The smallest absolute Gasteiger partial charge is 0.246 e. The molecule has 1 amide bonds. The van der Waals surface area contributed by atoms with E-state index in [9.17, 15) is 4.79 Å². The SMILES string of the molecule is C=Cc1ccc(NCCCCCOCC(=O)NC(C=C2CCC2)C(C)(C)C)cc1CNC. The van der Waals surface area contributed by atoms with Crippen molar-refractivity contribution in [2.24, 2.45) is 5.41 Å². The molecule has 1 aliphatic carbocycles. The fourth-order valence-corrected chi connectivity index (χ4v) is 3.67. The van der Waals surface area contributed by atoms with Crippen molar-refractivity contribution in [2.45, 2.75) is 71.9 Å². The Morgan fingerprint density at radius 3 is 2.62 bits per heavy atom. The van der Waals surface area contributed by atoms with E-state index in [0.29, 0.717) is 6.61 Å². The second-order valence-corrected chi connectivity index (χ2v) is 9.78. The lowest BCUT2D eigenvalue weighted by Gasteiger charge is -2.31. The largest absolute Gasteiger partial charge is 0.385 e. The van der Waals surface area contributed by atoms with E-state index < -0.39 is 0 Å². The standard InChI is InChI=1S/C27H43N3O2/c1-6-22-13-14-24(18-23(22)19-28-5)29-15-8-7-9-16-32-20-26(31)30-25(27(2,3)4)17-21-11-10-12-21/h6,13-14,17-18,25,28-29H,1,7-12,15-16,19-20H2,2-5H3,(H,30,31). The zero-order valence-electron chi connectivity index (χ0n) is 20.6. The first-order valence-corrected chi connectivity index (χ1v) is 12.0. The van der Waals surface area contributed by atoms with Crippen LogP contribution in [0.5, 0.6) is 0 Å². The zero-order chi connectivity index (χ0) is 23.4. The lowest BCUT2D eigenvalue weighted by Crippen LogP contribution is -2.44. The van der Waals surface area contributed by atoms with Crippen LogP contribution in [0, 0.1) is 5.41 Å². The molecule has 1 atom stereocenters. The summed E-state index contributed by atoms with van der Waals surface area (Å²) in [5.74, 6) is -0.0249. The minimum atomic E-state index is -0.0249. The molecule has 1 aliphatic rings. The van der Waals surface area contributed by atoms with Gasteiger partial charge in [-0.15, -0.1) is 0 Å². The number of allylic oxidation sites excluding steroid dienone is 1. The third-order valence-electron chi connectivity index (χ3n) is 5.91. The lowest BCUT2D eigenvalue weighted by atomic mass is 9.82. The monoisotopic (exact) mass is 441 g/mol. The predicted molar refractivity (Wildman–Crippen MR) is 136 cm³/mol. The van der Waals surface area contributed by atoms with Gasteiger partial charge in [-0.05, 0) is 74.2 Å². The van der Waals surface area contributed by atoms with Gasteiger partial charge in [-0.3, -0.25) is 4.79 Å². The number of nitrogens with one attached hydrogen (secondary N) is 3. The first-order chi connectivity index (χ1) is 15.3. The van der Waals surface area contributed by atoms with Gasteiger partial charge in [-0.2, -0.15) is 0 Å². The molecule has 0 aromatic heterocycles. The number of hydrogen-bond acceptors (Lipinski definition) is 4. The molecule has 178 valence electrons. The number of hydrogen-bond donors (Lipinski definition) is 3. The highest BCUT2D eigenvalue weighted by Gasteiger charge is 2.25. The quantitative estimate of drug-likeness (QED) is 0.271. The topological polar surface area (TPSA) is 62.4 Å². The highest BCUT2D eigenvalue weighted by molar-refractivity contribution is 5.77. The molecule has 2 rings (SSSR count). The fraction of sp³-hybridized carbons (Fsp3) is 0.593. The molecule has 1 fully saturated rings. The van der Waals surface area contributed by atoms with E-state index >= 15 is 0 Å². The predicted octanol–water partition coefficient (Wildman–Crippen LogP) is 5.29. The van der Waals surface area contributed by atoms with Gasteiger partial charge in [0.25, 0.3) is 0 Å². The average Bonchev–Trinajstić information content (AvgIpc) is 2.71. The minimum absolute atomic E-state index is 0.00503. The Kier molecular flexibility index (Phi) is 11.0. The molecule has 0 spiro atoms. The molecule has 5 heteroatoms. The second-order valence-electron chi connectivity index (χ2n) is 9.78. The Bertz CT molecular complexity index is 759. The van der Waals surface area contributed by atoms with Crippen LogP contribution in [0.1, 0.15) is 70.4 Å². The molecule has 0 saturated heterocycles. The Hall–Kier alpha value is -2.11. The van der Waals surface area contributed by atoms with E-state index in [1.54, 1.807) is 0 Å². The molecular weight excluding hydrogens is 398 g/mol. The van der Waals surface area contributed by atoms with Gasteiger partial charge in [0.05, 0.1) is 6.04 Å². The molecule has 1 aromatic carbocycles. The summed E-state index contributed by atoms with van der Waals surface area (Å²) in [6, 6.07) is 6.45. The van der Waals surface area contributed by atoms with Crippen molar-refractivity contribution in [3.8, 4) is 0 Å². The molecule has 1 aromatic rings. The third kappa shape index (κ3) is 9.17. The Morgan fingerprint density at radius 2 is 2.00 bits per heavy atom. The molecule has 0 radical (unpaired) electrons. The zero-order valence-corrected chi connectivity index (χ0v) is 20.6. The summed E-state index contributed by atoms with van der Waals surface area (Å²) >= 11 is 0. The van der Waals surface area contributed by atoms with Crippen LogP contribution in [0.2, 0.25) is 0 Å². The molecule has 0 bridgehead atoms. The van der Waals surface area contributed by atoms with Gasteiger partial charge in [0.1, 0.15) is 6.61 Å². The number of unbranched alkanes of at least 4 members (excludes halogenated alkanes) is 2. The molecule has 32 heavy (non-hydrogen) atoms. The number of benzene rings is 1. The summed E-state index contributed by atoms with van der Waals surface area (Å²) in [5.41, 5.74) is 5.02. The van der Waals surface area contributed by atoms with E-state index in [2.05, 4.69) is 67.6 Å². The summed E-state index contributed by atoms with van der Waals surface area (Å²) in [7, 11) is 1.95. The van der Waals surface area contributed by atoms with Crippen molar-refractivity contribution >= 4 is 17.7 Å². The number of carbonyl (C=O) groups is 1. The first-order valence-electron chi connectivity index (χ1n) is 12.0. The number of anilines is 1. The Labute approximate surface area is 195 Å². The molecule has 0 aliphatic heterocycles. The van der Waals surface area contributed by atoms with Crippen LogP contribution < -0.4 is 16.0 Å². The van der Waals surface area contributed by atoms with E-state index in [1.165, 1.54) is 36.0 Å². The Balaban J connectivity index is 1.58. The first kappa shape index (κ1) is 26.1. The molecule has 1 saturated carbocycles. The van der Waals surface area contributed by atoms with Gasteiger partial charge < -0.3 is 20.7 Å². The highest BCUT2D eigenvalue weighted by atomic mass is 16.5. The number of carbonyl (C=O) groups excluding carboxylic acids is 1. The molecule has 1 unspecified atom stereocenters. The second kappa shape index (κ2) is 13.4. The van der Waals surface area contributed by atoms with Crippen molar-refractivity contribution in [1.82, 2.24) is 10.6 Å². The fourth-order valence-electron chi connectivity index (χ4n) is 3.67. The molecular formula is C27H43N3O2. The minimum Gasteiger partial charge on any atom is -0.385 e. The van der Waals surface area contributed by atoms with Crippen LogP contribution >= 0.6 is 0 Å². The third-order valence-corrected chi connectivity index (χ3v) is 5.91. The van der Waals surface area contributed by atoms with E-state index in [1.807, 2.05) is 13.1 Å². The van der Waals surface area contributed by atoms with Crippen LogP contribution in [0.15, 0.2) is 36.4 Å². The highest BCUT2D eigenvalue weighted by Crippen LogP contribution is 2.29. The summed E-state index contributed by atoms with van der Waals surface area (Å²) in [6.45, 7) is 12.9. The van der Waals surface area contributed by atoms with E-state index in [4.69, 9.17) is 4.74 Å². The lowest BCUT2D eigenvalue weighted by molar-refractivity contribution is -0.126. The summed E-state index contributed by atoms with van der Waals surface area (Å²) < 4.78 is 5.62. The number of ether oxygens (including phenoxy) is 1. The molecule has 0 heterocycles. The van der Waals surface area contributed by atoms with Crippen molar-refractivity contribution in [1.29, 1.82) is 0 Å². The van der Waals surface area contributed by atoms with Gasteiger partial charge in [-0.1, -0.05) is 51.1 Å². The summed E-state index contributed by atoms with van der Waals surface area (Å²) in [6.07, 6.45) is 10.9. The summed E-state index contributed by atoms with van der Waals surface area (Å²) in [5, 5.41) is 9.84. The van der Waals surface area contributed by atoms with Crippen molar-refractivity contribution in [3.05, 3.63) is 47.6 Å². The molecule has 5 nitrogen and oxygen atoms in total. The van der Waals surface area contributed by atoms with E-state index in [-0.39, 0.29) is 24.0 Å². The van der Waals surface area contributed by atoms with Gasteiger partial charge in [-0.25, -0.2) is 0 Å². The van der Waals surface area contributed by atoms with Crippen molar-refractivity contribution in [2.75, 3.05) is 32.1 Å². The molecule has 3 N–H and O–H groups in total. The Morgan fingerprint density at radius 1 is 1.22 bits per heavy atom.